The first-order valence-corrected chi connectivity index (χ1v) is 11.5. The standard InChI is InChI=1S/C23H25Cl2F2N3O4/c24-16-5-1-4-13(21(16)27)20-15(14-7-18(26)17(25)8-19(14)30-11-32)9-29-22(20)23(34)28-6-2-3-12(33)10-31/h1,4-5,7-8,11-12,15,20,22,29,31,33H,2-3,6,9-10H2,(H,28,34)(H,30,32)/t12-,15-,20+,22+/m0/s1. The van der Waals surface area contributed by atoms with Gasteiger partial charge >= 0.3 is 0 Å². The van der Waals surface area contributed by atoms with Gasteiger partial charge in [0, 0.05) is 30.6 Å². The summed E-state index contributed by atoms with van der Waals surface area (Å²) in [5.41, 5.74) is 0.776. The third-order valence-corrected chi connectivity index (χ3v) is 6.49. The molecule has 0 aromatic heterocycles. The number of carbonyl (C=O) groups excluding carboxylic acids is 2. The zero-order valence-corrected chi connectivity index (χ0v) is 19.5. The van der Waals surface area contributed by atoms with Crippen LogP contribution in [-0.2, 0) is 9.59 Å². The molecule has 2 amide bonds. The van der Waals surface area contributed by atoms with E-state index < -0.39 is 41.5 Å². The maximum Gasteiger partial charge on any atom is 0.237 e. The molecule has 1 aliphatic heterocycles. The lowest BCUT2D eigenvalue weighted by molar-refractivity contribution is -0.123. The normalized spacial score (nSPS) is 20.7. The van der Waals surface area contributed by atoms with Crippen molar-refractivity contribution >= 4 is 41.2 Å². The van der Waals surface area contributed by atoms with E-state index >= 15 is 4.39 Å². The monoisotopic (exact) mass is 515 g/mol. The van der Waals surface area contributed by atoms with Crippen LogP contribution in [0, 0.1) is 11.6 Å². The Morgan fingerprint density at radius 1 is 1.24 bits per heavy atom. The Labute approximate surface area is 205 Å². The van der Waals surface area contributed by atoms with Gasteiger partial charge in [0.05, 0.1) is 28.8 Å². The van der Waals surface area contributed by atoms with Crippen molar-refractivity contribution in [1.29, 1.82) is 0 Å². The zero-order valence-electron chi connectivity index (χ0n) is 18.0. The van der Waals surface area contributed by atoms with Crippen LogP contribution in [0.25, 0.3) is 0 Å². The Bertz CT molecular complexity index is 1040. The highest BCUT2D eigenvalue weighted by Gasteiger charge is 2.44. The van der Waals surface area contributed by atoms with Gasteiger partial charge in [0.2, 0.25) is 12.3 Å². The molecule has 0 spiro atoms. The maximum atomic E-state index is 15.1. The number of aliphatic hydroxyl groups is 2. The molecule has 184 valence electrons. The molecule has 0 saturated carbocycles. The van der Waals surface area contributed by atoms with Crippen molar-refractivity contribution in [2.24, 2.45) is 0 Å². The van der Waals surface area contributed by atoms with Gasteiger partial charge in [0.25, 0.3) is 0 Å². The van der Waals surface area contributed by atoms with Crippen LogP contribution in [0.5, 0.6) is 0 Å². The molecule has 7 nitrogen and oxygen atoms in total. The molecule has 1 saturated heterocycles. The van der Waals surface area contributed by atoms with E-state index in [9.17, 15) is 19.1 Å². The first-order valence-electron chi connectivity index (χ1n) is 10.7. The van der Waals surface area contributed by atoms with E-state index in [-0.39, 0.29) is 41.0 Å². The van der Waals surface area contributed by atoms with Crippen LogP contribution < -0.4 is 16.0 Å². The largest absolute Gasteiger partial charge is 0.394 e. The highest BCUT2D eigenvalue weighted by atomic mass is 35.5. The molecule has 0 bridgehead atoms. The third kappa shape index (κ3) is 5.84. The SMILES string of the molecule is O=CNc1cc(Cl)c(F)cc1[C@@H]1CN[C@@H](C(=O)NCCC[C@H](O)CO)[C@@H]1c1cccc(Cl)c1F. The Balaban J connectivity index is 1.95. The summed E-state index contributed by atoms with van der Waals surface area (Å²) < 4.78 is 29.5. The lowest BCUT2D eigenvalue weighted by atomic mass is 9.79. The summed E-state index contributed by atoms with van der Waals surface area (Å²) in [6.45, 7) is 0.0499. The number of anilines is 1. The van der Waals surface area contributed by atoms with Gasteiger partial charge in [-0.1, -0.05) is 35.3 Å². The number of rotatable bonds is 10. The Morgan fingerprint density at radius 2 is 2.00 bits per heavy atom. The lowest BCUT2D eigenvalue weighted by Crippen LogP contribution is -2.44. The van der Waals surface area contributed by atoms with Crippen molar-refractivity contribution in [2.45, 2.75) is 36.8 Å². The summed E-state index contributed by atoms with van der Waals surface area (Å²) in [5, 5.41) is 26.4. The Hall–Kier alpha value is -2.30. The van der Waals surface area contributed by atoms with Crippen molar-refractivity contribution in [1.82, 2.24) is 10.6 Å². The molecule has 4 atom stereocenters. The minimum Gasteiger partial charge on any atom is -0.394 e. The average Bonchev–Trinajstić information content (AvgIpc) is 3.25. The van der Waals surface area contributed by atoms with Gasteiger partial charge in [0.1, 0.15) is 11.6 Å². The molecule has 0 radical (unpaired) electrons. The van der Waals surface area contributed by atoms with E-state index in [1.807, 2.05) is 0 Å². The van der Waals surface area contributed by atoms with Crippen molar-refractivity contribution in [3.05, 3.63) is 63.1 Å². The summed E-state index contributed by atoms with van der Waals surface area (Å²) in [6.07, 6.45) is 0.280. The van der Waals surface area contributed by atoms with Crippen LogP contribution in [0.3, 0.4) is 0 Å². The fourth-order valence-corrected chi connectivity index (χ4v) is 4.63. The molecule has 1 aliphatic rings. The van der Waals surface area contributed by atoms with Gasteiger partial charge < -0.3 is 26.2 Å². The molecule has 34 heavy (non-hydrogen) atoms. The first kappa shape index (κ1) is 26.3. The van der Waals surface area contributed by atoms with E-state index in [1.54, 1.807) is 6.07 Å². The van der Waals surface area contributed by atoms with Gasteiger partial charge in [-0.05, 0) is 42.2 Å². The number of hydrogen-bond donors (Lipinski definition) is 5. The zero-order chi connectivity index (χ0) is 24.8. The molecular formula is C23H25Cl2F2N3O4. The van der Waals surface area contributed by atoms with Crippen LogP contribution in [0.15, 0.2) is 30.3 Å². The molecule has 0 aliphatic carbocycles. The van der Waals surface area contributed by atoms with Crippen LogP contribution in [0.4, 0.5) is 14.5 Å². The van der Waals surface area contributed by atoms with Crippen molar-refractivity contribution < 1.29 is 28.6 Å². The van der Waals surface area contributed by atoms with Crippen LogP contribution in [-0.4, -0.2) is 54.4 Å². The number of hydrogen-bond acceptors (Lipinski definition) is 5. The van der Waals surface area contributed by atoms with Gasteiger partial charge in [-0.3, -0.25) is 9.59 Å². The average molecular weight is 516 g/mol. The van der Waals surface area contributed by atoms with Crippen molar-refractivity contribution in [2.75, 3.05) is 25.0 Å². The quantitative estimate of drug-likeness (QED) is 0.247. The van der Waals surface area contributed by atoms with E-state index in [1.165, 1.54) is 24.3 Å². The molecule has 11 heteroatoms. The highest BCUT2D eigenvalue weighted by Crippen LogP contribution is 2.44. The minimum atomic E-state index is -0.886. The van der Waals surface area contributed by atoms with Crippen LogP contribution in [0.2, 0.25) is 10.0 Å². The molecule has 2 aromatic carbocycles. The molecule has 5 N–H and O–H groups in total. The molecule has 3 rings (SSSR count). The van der Waals surface area contributed by atoms with Gasteiger partial charge in [0.15, 0.2) is 0 Å². The highest BCUT2D eigenvalue weighted by molar-refractivity contribution is 6.31. The number of benzene rings is 2. The summed E-state index contributed by atoms with van der Waals surface area (Å²) in [5.74, 6) is -3.20. The van der Waals surface area contributed by atoms with E-state index in [2.05, 4.69) is 16.0 Å². The second-order valence-corrected chi connectivity index (χ2v) is 8.86. The lowest BCUT2D eigenvalue weighted by Gasteiger charge is -2.26. The Kier molecular flexibility index (Phi) is 9.21. The second kappa shape index (κ2) is 11.9. The van der Waals surface area contributed by atoms with Gasteiger partial charge in [-0.25, -0.2) is 8.78 Å². The fourth-order valence-electron chi connectivity index (χ4n) is 4.28. The molecule has 2 aromatic rings. The number of amides is 2. The second-order valence-electron chi connectivity index (χ2n) is 8.05. The van der Waals surface area contributed by atoms with Crippen molar-refractivity contribution in [3.8, 4) is 0 Å². The predicted octanol–water partition coefficient (Wildman–Crippen LogP) is 2.93. The minimum absolute atomic E-state index is 0.117. The van der Waals surface area contributed by atoms with Gasteiger partial charge in [-0.15, -0.1) is 0 Å². The number of carbonyl (C=O) groups is 2. The van der Waals surface area contributed by atoms with E-state index in [4.69, 9.17) is 28.3 Å². The van der Waals surface area contributed by atoms with Gasteiger partial charge in [-0.2, -0.15) is 0 Å². The summed E-state index contributed by atoms with van der Waals surface area (Å²) in [7, 11) is 0. The third-order valence-electron chi connectivity index (χ3n) is 5.90. The number of nitrogens with one attached hydrogen (secondary N) is 3. The van der Waals surface area contributed by atoms with Crippen molar-refractivity contribution in [3.63, 3.8) is 0 Å². The topological polar surface area (TPSA) is 111 Å². The fraction of sp³-hybridized carbons (Fsp3) is 0.391. The molecule has 0 unspecified atom stereocenters. The molecule has 1 fully saturated rings. The predicted molar refractivity (Wildman–Crippen MR) is 125 cm³/mol. The summed E-state index contributed by atoms with van der Waals surface area (Å²) in [4.78, 5) is 24.2. The number of aliphatic hydroxyl groups excluding tert-OH is 2. The van der Waals surface area contributed by atoms with Crippen LogP contribution in [0.1, 0.15) is 35.8 Å². The number of halogens is 4. The summed E-state index contributed by atoms with van der Waals surface area (Å²) in [6, 6.07) is 6.03. The smallest absolute Gasteiger partial charge is 0.237 e. The molecular weight excluding hydrogens is 491 g/mol. The molecule has 1 heterocycles. The van der Waals surface area contributed by atoms with Crippen LogP contribution >= 0.6 is 23.2 Å². The van der Waals surface area contributed by atoms with E-state index in [0.29, 0.717) is 24.8 Å². The maximum absolute atomic E-state index is 15.1. The van der Waals surface area contributed by atoms with E-state index in [0.717, 1.165) is 0 Å². The summed E-state index contributed by atoms with van der Waals surface area (Å²) >= 11 is 11.9. The Morgan fingerprint density at radius 3 is 2.71 bits per heavy atom. The first-order chi connectivity index (χ1) is 16.3.